The molecular weight excluding hydrogens is 444 g/mol. The Morgan fingerprint density at radius 1 is 0.848 bits per heavy atom. The van der Waals surface area contributed by atoms with Gasteiger partial charge >= 0.3 is 5.97 Å². The van der Waals surface area contributed by atoms with E-state index in [0.29, 0.717) is 25.3 Å². The highest BCUT2D eigenvalue weighted by Crippen LogP contribution is 2.20. The van der Waals surface area contributed by atoms with E-state index in [1.807, 2.05) is 30.3 Å². The van der Waals surface area contributed by atoms with Crippen molar-refractivity contribution in [3.05, 3.63) is 95.6 Å². The molecule has 0 atom stereocenters. The second-order valence-corrected chi connectivity index (χ2v) is 8.70. The Kier molecular flexibility index (Phi) is 8.17. The summed E-state index contributed by atoms with van der Waals surface area (Å²) < 4.78 is 33.4. The van der Waals surface area contributed by atoms with Crippen LogP contribution in [0.25, 0.3) is 0 Å². The smallest absolute Gasteiger partial charge is 0.342 e. The summed E-state index contributed by atoms with van der Waals surface area (Å²) in [5, 5.41) is 7.72. The van der Waals surface area contributed by atoms with Gasteiger partial charge in [0.25, 0.3) is 5.91 Å². The van der Waals surface area contributed by atoms with Crippen LogP contribution in [0.5, 0.6) is 5.75 Å². The van der Waals surface area contributed by atoms with Crippen LogP contribution >= 0.6 is 0 Å². The molecule has 0 saturated heterocycles. The van der Waals surface area contributed by atoms with E-state index in [2.05, 4.69) is 5.32 Å². The Bertz CT molecular complexity index is 1200. The van der Waals surface area contributed by atoms with Crippen molar-refractivity contribution >= 4 is 21.9 Å². The van der Waals surface area contributed by atoms with Crippen LogP contribution in [0.1, 0.15) is 21.5 Å². The fraction of sp³-hybridized carbons (Fsp3) is 0.167. The fourth-order valence-corrected chi connectivity index (χ4v) is 3.46. The number of hydrogen-bond acceptors (Lipinski definition) is 6. The Labute approximate surface area is 192 Å². The molecule has 3 N–H and O–H groups in total. The number of nitrogens with two attached hydrogens (primary N) is 1. The summed E-state index contributed by atoms with van der Waals surface area (Å²) in [7, 11) is -3.74. The zero-order chi connectivity index (χ0) is 23.7. The fourth-order valence-electron chi connectivity index (χ4n) is 2.95. The lowest BCUT2D eigenvalue weighted by Crippen LogP contribution is -2.30. The highest BCUT2D eigenvalue weighted by atomic mass is 32.2. The molecule has 3 aromatic rings. The van der Waals surface area contributed by atoms with E-state index in [9.17, 15) is 18.0 Å². The Hall–Kier alpha value is -3.69. The molecule has 3 aromatic carbocycles. The largest absolute Gasteiger partial charge is 0.488 e. The molecule has 0 radical (unpaired) electrons. The van der Waals surface area contributed by atoms with Crippen LogP contribution in [0.2, 0.25) is 0 Å². The molecular formula is C24H24N2O6S. The lowest BCUT2D eigenvalue weighted by atomic mass is 10.1. The minimum Gasteiger partial charge on any atom is -0.488 e. The molecule has 0 heterocycles. The first-order chi connectivity index (χ1) is 15.8. The summed E-state index contributed by atoms with van der Waals surface area (Å²) in [4.78, 5) is 24.5. The van der Waals surface area contributed by atoms with Crippen LogP contribution in [0.15, 0.2) is 83.8 Å². The van der Waals surface area contributed by atoms with Gasteiger partial charge in [-0.05, 0) is 41.8 Å². The minimum absolute atomic E-state index is 0.0234. The number of benzene rings is 3. The van der Waals surface area contributed by atoms with Crippen LogP contribution in [-0.2, 0) is 32.6 Å². The first kappa shape index (κ1) is 24.0. The number of rotatable bonds is 10. The maximum atomic E-state index is 12.4. The van der Waals surface area contributed by atoms with Gasteiger partial charge in [-0.1, -0.05) is 54.6 Å². The first-order valence-corrected chi connectivity index (χ1v) is 11.7. The van der Waals surface area contributed by atoms with E-state index < -0.39 is 28.5 Å². The Morgan fingerprint density at radius 3 is 2.21 bits per heavy atom. The SMILES string of the molecule is NS(=O)(=O)c1ccc(CCNC(=O)COC(=O)c2ccccc2OCc2ccccc2)cc1. The van der Waals surface area contributed by atoms with Gasteiger partial charge in [0, 0.05) is 6.54 Å². The zero-order valence-corrected chi connectivity index (χ0v) is 18.6. The number of esters is 1. The van der Waals surface area contributed by atoms with Crippen molar-refractivity contribution in [3.63, 3.8) is 0 Å². The average molecular weight is 469 g/mol. The highest BCUT2D eigenvalue weighted by Gasteiger charge is 2.15. The van der Waals surface area contributed by atoms with E-state index in [0.717, 1.165) is 11.1 Å². The van der Waals surface area contributed by atoms with Crippen molar-refractivity contribution in [2.24, 2.45) is 5.14 Å². The number of para-hydroxylation sites is 1. The Morgan fingerprint density at radius 2 is 1.52 bits per heavy atom. The highest BCUT2D eigenvalue weighted by molar-refractivity contribution is 7.89. The number of nitrogens with one attached hydrogen (secondary N) is 1. The third-order valence-electron chi connectivity index (χ3n) is 4.67. The lowest BCUT2D eigenvalue weighted by Gasteiger charge is -2.11. The lowest BCUT2D eigenvalue weighted by molar-refractivity contribution is -0.124. The Balaban J connectivity index is 1.45. The number of ether oxygens (including phenoxy) is 2. The zero-order valence-electron chi connectivity index (χ0n) is 17.8. The third-order valence-corrected chi connectivity index (χ3v) is 5.60. The molecule has 0 saturated carbocycles. The predicted molar refractivity (Wildman–Crippen MR) is 122 cm³/mol. The first-order valence-electron chi connectivity index (χ1n) is 10.1. The van der Waals surface area contributed by atoms with Gasteiger partial charge in [-0.15, -0.1) is 0 Å². The average Bonchev–Trinajstić information content (AvgIpc) is 2.82. The topological polar surface area (TPSA) is 125 Å². The van der Waals surface area contributed by atoms with Crippen LogP contribution in [-0.4, -0.2) is 33.4 Å². The summed E-state index contributed by atoms with van der Waals surface area (Å²) >= 11 is 0. The van der Waals surface area contributed by atoms with Gasteiger partial charge in [0.2, 0.25) is 10.0 Å². The number of sulfonamides is 1. The van der Waals surface area contributed by atoms with E-state index in [4.69, 9.17) is 14.6 Å². The van der Waals surface area contributed by atoms with Gasteiger partial charge in [0.15, 0.2) is 6.61 Å². The third kappa shape index (κ3) is 7.44. The van der Waals surface area contributed by atoms with Crippen LogP contribution < -0.4 is 15.2 Å². The van der Waals surface area contributed by atoms with Crippen molar-refractivity contribution in [3.8, 4) is 5.75 Å². The number of hydrogen-bond donors (Lipinski definition) is 2. The number of primary sulfonamides is 1. The molecule has 0 fully saturated rings. The molecule has 0 unspecified atom stereocenters. The molecule has 8 nitrogen and oxygen atoms in total. The number of carbonyl (C=O) groups is 2. The molecule has 0 bridgehead atoms. The van der Waals surface area contributed by atoms with E-state index in [1.54, 1.807) is 36.4 Å². The van der Waals surface area contributed by atoms with Crippen molar-refractivity contribution in [1.82, 2.24) is 5.32 Å². The molecule has 3 rings (SSSR count). The summed E-state index contributed by atoms with van der Waals surface area (Å²) in [6.45, 7) is 0.155. The monoisotopic (exact) mass is 468 g/mol. The minimum atomic E-state index is -3.74. The van der Waals surface area contributed by atoms with Crippen molar-refractivity contribution in [2.75, 3.05) is 13.2 Å². The normalized spacial score (nSPS) is 10.9. The van der Waals surface area contributed by atoms with Gasteiger partial charge in [0.05, 0.1) is 4.90 Å². The summed E-state index contributed by atoms with van der Waals surface area (Å²) in [6.07, 6.45) is 0.473. The molecule has 1 amide bonds. The second-order valence-electron chi connectivity index (χ2n) is 7.14. The second kappa shape index (κ2) is 11.3. The standard InChI is InChI=1S/C24H24N2O6S/c25-33(29,30)20-12-10-18(11-13-20)14-15-26-23(27)17-32-24(28)21-8-4-5-9-22(21)31-16-19-6-2-1-3-7-19/h1-13H,14-17H2,(H,26,27)(H2,25,29,30). The van der Waals surface area contributed by atoms with Gasteiger partial charge in [0.1, 0.15) is 17.9 Å². The molecule has 0 spiro atoms. The molecule has 9 heteroatoms. The summed E-state index contributed by atoms with van der Waals surface area (Å²) in [5.41, 5.74) is 2.01. The van der Waals surface area contributed by atoms with E-state index >= 15 is 0 Å². The quantitative estimate of drug-likeness (QED) is 0.440. The molecule has 172 valence electrons. The maximum absolute atomic E-state index is 12.4. The van der Waals surface area contributed by atoms with E-state index in [-0.39, 0.29) is 10.5 Å². The predicted octanol–water partition coefficient (Wildman–Crippen LogP) is 2.43. The summed E-state index contributed by atoms with van der Waals surface area (Å²) in [6, 6.07) is 22.3. The number of carbonyl (C=O) groups excluding carboxylic acids is 2. The van der Waals surface area contributed by atoms with Gasteiger partial charge in [-0.2, -0.15) is 0 Å². The molecule has 33 heavy (non-hydrogen) atoms. The van der Waals surface area contributed by atoms with Crippen molar-refractivity contribution in [2.45, 2.75) is 17.9 Å². The van der Waals surface area contributed by atoms with Crippen LogP contribution in [0.4, 0.5) is 0 Å². The van der Waals surface area contributed by atoms with Gasteiger partial charge in [-0.25, -0.2) is 18.4 Å². The maximum Gasteiger partial charge on any atom is 0.342 e. The van der Waals surface area contributed by atoms with Crippen molar-refractivity contribution in [1.29, 1.82) is 0 Å². The summed E-state index contributed by atoms with van der Waals surface area (Å²) in [5.74, 6) is -0.741. The number of amides is 1. The molecule has 0 aliphatic heterocycles. The van der Waals surface area contributed by atoms with Crippen LogP contribution in [0.3, 0.4) is 0 Å². The van der Waals surface area contributed by atoms with E-state index in [1.165, 1.54) is 12.1 Å². The molecule has 0 aliphatic rings. The molecule has 0 aromatic heterocycles. The van der Waals surface area contributed by atoms with Crippen LogP contribution in [0, 0.1) is 0 Å². The molecule has 0 aliphatic carbocycles. The van der Waals surface area contributed by atoms with Crippen molar-refractivity contribution < 1.29 is 27.5 Å². The van der Waals surface area contributed by atoms with Gasteiger partial charge in [-0.3, -0.25) is 4.79 Å². The van der Waals surface area contributed by atoms with Gasteiger partial charge < -0.3 is 14.8 Å².